The summed E-state index contributed by atoms with van der Waals surface area (Å²) < 4.78 is 25.9. The monoisotopic (exact) mass is 340 g/mol. The molecule has 1 aromatic carbocycles. The second-order valence-corrected chi connectivity index (χ2v) is 6.28. The van der Waals surface area contributed by atoms with Crippen LogP contribution in [0.3, 0.4) is 0 Å². The molecule has 0 unspecified atom stereocenters. The van der Waals surface area contributed by atoms with Gasteiger partial charge in [0.15, 0.2) is 0 Å². The van der Waals surface area contributed by atoms with E-state index in [0.29, 0.717) is 0 Å². The lowest BCUT2D eigenvalue weighted by molar-refractivity contribution is -0.140. The van der Waals surface area contributed by atoms with Gasteiger partial charge in [-0.1, -0.05) is 23.2 Å². The highest BCUT2D eigenvalue weighted by molar-refractivity contribution is 7.89. The van der Waals surface area contributed by atoms with Crippen molar-refractivity contribution < 1.29 is 23.1 Å². The van der Waals surface area contributed by atoms with Crippen LogP contribution in [0.1, 0.15) is 6.42 Å². The van der Waals surface area contributed by atoms with Crippen LogP contribution in [0, 0.1) is 0 Å². The van der Waals surface area contributed by atoms with Crippen molar-refractivity contribution in [2.24, 2.45) is 5.73 Å². The molecule has 0 saturated heterocycles. The Morgan fingerprint density at radius 2 is 1.95 bits per heavy atom. The lowest BCUT2D eigenvalue weighted by Gasteiger charge is -2.14. The van der Waals surface area contributed by atoms with Crippen LogP contribution in [0.15, 0.2) is 23.1 Å². The Hall–Kier alpha value is -1.35. The molecule has 0 aromatic heterocycles. The normalized spacial score (nSPS) is 12.9. The second-order valence-electron chi connectivity index (χ2n) is 3.76. The number of halogens is 2. The second kappa shape index (κ2) is 6.40. The lowest BCUT2D eigenvalue weighted by Crippen LogP contribution is -2.43. The summed E-state index contributed by atoms with van der Waals surface area (Å²) >= 11 is 11.4. The van der Waals surface area contributed by atoms with Crippen LogP contribution in [0.5, 0.6) is 0 Å². The fourth-order valence-electron chi connectivity index (χ4n) is 1.32. The summed E-state index contributed by atoms with van der Waals surface area (Å²) in [6, 6.07) is 1.92. The Kier molecular flexibility index (Phi) is 5.35. The summed E-state index contributed by atoms with van der Waals surface area (Å²) in [7, 11) is -4.23. The quantitative estimate of drug-likeness (QED) is 0.698. The van der Waals surface area contributed by atoms with Crippen molar-refractivity contribution in [3.63, 3.8) is 0 Å². The fraction of sp³-hybridized carbons (Fsp3) is 0.200. The fourth-order valence-corrected chi connectivity index (χ4v) is 3.29. The molecule has 1 atom stereocenters. The van der Waals surface area contributed by atoms with Gasteiger partial charge < -0.3 is 10.8 Å². The highest BCUT2D eigenvalue weighted by Gasteiger charge is 2.28. The summed E-state index contributed by atoms with van der Waals surface area (Å²) in [5.74, 6) is -2.49. The van der Waals surface area contributed by atoms with Gasteiger partial charge in [-0.15, -0.1) is 0 Å². The number of sulfonamides is 1. The van der Waals surface area contributed by atoms with E-state index in [1.54, 1.807) is 0 Å². The molecule has 0 radical (unpaired) electrons. The van der Waals surface area contributed by atoms with Crippen LogP contribution in [-0.4, -0.2) is 31.4 Å². The first-order chi connectivity index (χ1) is 9.13. The van der Waals surface area contributed by atoms with Crippen LogP contribution in [0.4, 0.5) is 0 Å². The van der Waals surface area contributed by atoms with Gasteiger partial charge in [-0.2, -0.15) is 4.72 Å². The van der Waals surface area contributed by atoms with Crippen molar-refractivity contribution in [2.75, 3.05) is 0 Å². The van der Waals surface area contributed by atoms with Gasteiger partial charge in [0.25, 0.3) is 0 Å². The molecule has 0 fully saturated rings. The van der Waals surface area contributed by atoms with E-state index in [1.165, 1.54) is 12.1 Å². The molecule has 110 valence electrons. The molecule has 1 rings (SSSR count). The standard InChI is InChI=1S/C10H10Cl2N2O5S/c11-5-1-2-8(6(12)3-5)20(18,19)14-7(10(16)17)4-9(13)15/h1-3,7,14H,4H2,(H2,13,15)(H,16,17)/t7-/m1/s1. The average Bonchev–Trinajstić information content (AvgIpc) is 2.26. The number of carboxylic acids is 1. The Labute approximate surface area is 124 Å². The molecule has 0 saturated carbocycles. The van der Waals surface area contributed by atoms with Crippen LogP contribution in [0.25, 0.3) is 0 Å². The smallest absolute Gasteiger partial charge is 0.322 e. The Balaban J connectivity index is 3.09. The maximum Gasteiger partial charge on any atom is 0.322 e. The summed E-state index contributed by atoms with van der Waals surface area (Å²) in [6.45, 7) is 0. The Morgan fingerprint density at radius 1 is 1.35 bits per heavy atom. The number of amides is 1. The Bertz CT molecular complexity index is 647. The number of aliphatic carboxylic acids is 1. The minimum atomic E-state index is -4.23. The van der Waals surface area contributed by atoms with Crippen molar-refractivity contribution in [3.05, 3.63) is 28.2 Å². The van der Waals surface area contributed by atoms with Crippen LogP contribution >= 0.6 is 23.2 Å². The first-order valence-corrected chi connectivity index (χ1v) is 7.36. The van der Waals surface area contributed by atoms with E-state index in [4.69, 9.17) is 34.0 Å². The summed E-state index contributed by atoms with van der Waals surface area (Å²) in [6.07, 6.45) is -0.681. The molecule has 0 aliphatic heterocycles. The van der Waals surface area contributed by atoms with Crippen molar-refractivity contribution in [2.45, 2.75) is 17.4 Å². The third-order valence-electron chi connectivity index (χ3n) is 2.18. The average molecular weight is 341 g/mol. The number of carbonyl (C=O) groups is 2. The summed E-state index contributed by atoms with van der Waals surface area (Å²) in [4.78, 5) is 21.3. The van der Waals surface area contributed by atoms with E-state index in [9.17, 15) is 18.0 Å². The number of hydrogen-bond donors (Lipinski definition) is 3. The molecule has 20 heavy (non-hydrogen) atoms. The third-order valence-corrected chi connectivity index (χ3v) is 4.37. The van der Waals surface area contributed by atoms with Gasteiger partial charge in [-0.3, -0.25) is 9.59 Å². The van der Waals surface area contributed by atoms with Crippen LogP contribution in [-0.2, 0) is 19.6 Å². The Morgan fingerprint density at radius 3 is 2.40 bits per heavy atom. The van der Waals surface area contributed by atoms with Gasteiger partial charge in [-0.25, -0.2) is 8.42 Å². The number of hydrogen-bond acceptors (Lipinski definition) is 4. The van der Waals surface area contributed by atoms with E-state index >= 15 is 0 Å². The number of rotatable bonds is 6. The molecule has 0 heterocycles. The van der Waals surface area contributed by atoms with Gasteiger partial charge in [-0.05, 0) is 18.2 Å². The van der Waals surface area contributed by atoms with Crippen LogP contribution < -0.4 is 10.5 Å². The number of carboxylic acid groups (broad SMARTS) is 1. The van der Waals surface area contributed by atoms with E-state index < -0.39 is 34.4 Å². The molecule has 7 nitrogen and oxygen atoms in total. The lowest BCUT2D eigenvalue weighted by atomic mass is 10.2. The van der Waals surface area contributed by atoms with Crippen molar-refractivity contribution in [3.8, 4) is 0 Å². The number of nitrogens with two attached hydrogens (primary N) is 1. The molecule has 0 aliphatic carbocycles. The molecule has 0 bridgehead atoms. The molecule has 10 heteroatoms. The maximum absolute atomic E-state index is 12.0. The minimum Gasteiger partial charge on any atom is -0.480 e. The summed E-state index contributed by atoms with van der Waals surface area (Å²) in [5, 5.41) is 8.91. The predicted octanol–water partition coefficient (Wildman–Crippen LogP) is 0.600. The molecular formula is C10H10Cl2N2O5S. The van der Waals surface area contributed by atoms with Gasteiger partial charge in [0.1, 0.15) is 10.9 Å². The molecule has 4 N–H and O–H groups in total. The zero-order valence-electron chi connectivity index (χ0n) is 9.84. The highest BCUT2D eigenvalue weighted by atomic mass is 35.5. The largest absolute Gasteiger partial charge is 0.480 e. The minimum absolute atomic E-state index is 0.173. The van der Waals surface area contributed by atoms with Crippen LogP contribution in [0.2, 0.25) is 10.0 Å². The zero-order valence-corrected chi connectivity index (χ0v) is 12.2. The van der Waals surface area contributed by atoms with Gasteiger partial charge in [0, 0.05) is 5.02 Å². The summed E-state index contributed by atoms with van der Waals surface area (Å²) in [5.41, 5.74) is 4.86. The van der Waals surface area contributed by atoms with E-state index in [0.717, 1.165) is 6.07 Å². The number of benzene rings is 1. The van der Waals surface area contributed by atoms with E-state index in [2.05, 4.69) is 0 Å². The predicted molar refractivity (Wildman–Crippen MR) is 72.0 cm³/mol. The molecule has 0 spiro atoms. The first kappa shape index (κ1) is 16.7. The number of nitrogens with one attached hydrogen (secondary N) is 1. The topological polar surface area (TPSA) is 127 Å². The molecular weight excluding hydrogens is 331 g/mol. The SMILES string of the molecule is NC(=O)C[C@@H](NS(=O)(=O)c1ccc(Cl)cc1Cl)C(=O)O. The van der Waals surface area contributed by atoms with Crippen molar-refractivity contribution in [1.29, 1.82) is 0 Å². The molecule has 0 aliphatic rings. The van der Waals surface area contributed by atoms with Crippen molar-refractivity contribution >= 4 is 45.1 Å². The highest BCUT2D eigenvalue weighted by Crippen LogP contribution is 2.25. The molecule has 1 aromatic rings. The van der Waals surface area contributed by atoms with Gasteiger partial charge in [0.2, 0.25) is 15.9 Å². The number of primary amides is 1. The molecule has 1 amide bonds. The first-order valence-electron chi connectivity index (χ1n) is 5.12. The third kappa shape index (κ3) is 4.34. The van der Waals surface area contributed by atoms with Gasteiger partial charge in [0.05, 0.1) is 11.4 Å². The maximum atomic E-state index is 12.0. The zero-order chi connectivity index (χ0) is 15.5. The van der Waals surface area contributed by atoms with E-state index in [-0.39, 0.29) is 14.9 Å². The van der Waals surface area contributed by atoms with Gasteiger partial charge >= 0.3 is 5.97 Å². The van der Waals surface area contributed by atoms with Crippen molar-refractivity contribution in [1.82, 2.24) is 4.72 Å². The van der Waals surface area contributed by atoms with E-state index in [1.807, 2.05) is 4.72 Å². The number of carbonyl (C=O) groups excluding carboxylic acids is 1.